The lowest BCUT2D eigenvalue weighted by molar-refractivity contribution is 0.0947. The first-order valence-electron chi connectivity index (χ1n) is 12.3. The number of nitrogens with zero attached hydrogens (tertiary/aromatic N) is 4. The van der Waals surface area contributed by atoms with Crippen LogP contribution >= 0.6 is 0 Å². The monoisotopic (exact) mass is 493 g/mol. The summed E-state index contributed by atoms with van der Waals surface area (Å²) in [5.41, 5.74) is 4.56. The predicted molar refractivity (Wildman–Crippen MR) is 138 cm³/mol. The van der Waals surface area contributed by atoms with Gasteiger partial charge < -0.3 is 23.9 Å². The van der Waals surface area contributed by atoms with Crippen molar-refractivity contribution in [2.24, 2.45) is 0 Å². The van der Waals surface area contributed by atoms with Gasteiger partial charge in [0.05, 0.1) is 20.5 Å². The highest BCUT2D eigenvalue weighted by atomic mass is 16.5. The van der Waals surface area contributed by atoms with Gasteiger partial charge in [-0.05, 0) is 43.0 Å². The first-order valence-corrected chi connectivity index (χ1v) is 12.3. The van der Waals surface area contributed by atoms with E-state index in [1.807, 2.05) is 17.7 Å². The number of imidazole rings is 1. The molecule has 1 aliphatic heterocycles. The van der Waals surface area contributed by atoms with E-state index in [2.05, 4.69) is 34.3 Å². The van der Waals surface area contributed by atoms with Crippen molar-refractivity contribution in [3.63, 3.8) is 0 Å². The number of carbonyl (C=O) groups excluding carboxylic acids is 1. The van der Waals surface area contributed by atoms with Gasteiger partial charge in [-0.3, -0.25) is 14.5 Å². The summed E-state index contributed by atoms with van der Waals surface area (Å²) in [7, 11) is 3.19. The molecule has 1 amide bonds. The number of nitrogens with one attached hydrogen (secondary N) is 1. The molecule has 3 aromatic rings. The minimum Gasteiger partial charge on any atom is -0.496 e. The number of carbonyl (C=O) groups is 1. The number of methoxy groups -OCH3 is 2. The zero-order chi connectivity index (χ0) is 25.7. The van der Waals surface area contributed by atoms with Crippen LogP contribution in [0, 0.1) is 13.8 Å². The molecule has 0 radical (unpaired) electrons. The maximum absolute atomic E-state index is 13.2. The molecule has 192 valence electrons. The largest absolute Gasteiger partial charge is 0.496 e. The Morgan fingerprint density at radius 3 is 2.58 bits per heavy atom. The average Bonchev–Trinajstić information content (AvgIpc) is 3.30. The Morgan fingerprint density at radius 1 is 1.06 bits per heavy atom. The number of amides is 1. The molecule has 9 nitrogen and oxygen atoms in total. The standard InChI is InChI=1S/C27H35N5O4/c1-19-15-23(35-3)20(2)14-21(19)17-30-10-6-22-26(24(36-4)16-25(33)32(22)13-12-30)27(34)29-7-5-9-31-11-8-28-18-31/h8,11,14-16,18H,5-7,9-10,12-13,17H2,1-4H3,(H,29,34). The Labute approximate surface area is 211 Å². The lowest BCUT2D eigenvalue weighted by Gasteiger charge is -2.21. The summed E-state index contributed by atoms with van der Waals surface area (Å²) >= 11 is 0. The molecule has 2 aromatic heterocycles. The normalized spacial score (nSPS) is 13.7. The number of ether oxygens (including phenoxy) is 2. The molecule has 0 atom stereocenters. The highest BCUT2D eigenvalue weighted by Gasteiger charge is 2.25. The van der Waals surface area contributed by atoms with Crippen LogP contribution in [0.5, 0.6) is 11.5 Å². The van der Waals surface area contributed by atoms with E-state index in [1.54, 1.807) is 24.2 Å². The summed E-state index contributed by atoms with van der Waals surface area (Å²) in [6, 6.07) is 5.67. The molecule has 1 N–H and O–H groups in total. The maximum atomic E-state index is 13.2. The molecule has 1 aliphatic rings. The predicted octanol–water partition coefficient (Wildman–Crippen LogP) is 2.56. The van der Waals surface area contributed by atoms with Crippen LogP contribution in [-0.4, -0.2) is 58.8 Å². The molecule has 3 heterocycles. The SMILES string of the molecule is COc1cc(C)c(CN2CCc3c(C(=O)NCCCn4ccnc4)c(OC)cc(=O)n3CC2)cc1C. The van der Waals surface area contributed by atoms with Crippen LogP contribution < -0.4 is 20.3 Å². The molecule has 0 saturated heterocycles. The fourth-order valence-electron chi connectivity index (χ4n) is 4.81. The summed E-state index contributed by atoms with van der Waals surface area (Å²) < 4.78 is 14.6. The number of benzene rings is 1. The van der Waals surface area contributed by atoms with E-state index in [4.69, 9.17) is 9.47 Å². The van der Waals surface area contributed by atoms with Crippen LogP contribution in [0.25, 0.3) is 0 Å². The fourth-order valence-corrected chi connectivity index (χ4v) is 4.81. The Morgan fingerprint density at radius 2 is 1.86 bits per heavy atom. The van der Waals surface area contributed by atoms with Crippen molar-refractivity contribution in [1.29, 1.82) is 0 Å². The summed E-state index contributed by atoms with van der Waals surface area (Å²) in [5.74, 6) is 1.00. The third kappa shape index (κ3) is 5.62. The zero-order valence-corrected chi connectivity index (χ0v) is 21.5. The van der Waals surface area contributed by atoms with Gasteiger partial charge in [0.1, 0.15) is 17.1 Å². The van der Waals surface area contributed by atoms with Crippen molar-refractivity contribution in [3.8, 4) is 11.5 Å². The second-order valence-electron chi connectivity index (χ2n) is 9.21. The first-order chi connectivity index (χ1) is 17.4. The second-order valence-corrected chi connectivity index (χ2v) is 9.21. The van der Waals surface area contributed by atoms with Gasteiger partial charge in [-0.1, -0.05) is 6.07 Å². The second kappa shape index (κ2) is 11.4. The molecule has 0 fully saturated rings. The van der Waals surface area contributed by atoms with Crippen LogP contribution in [0.1, 0.15) is 39.2 Å². The summed E-state index contributed by atoms with van der Waals surface area (Å²) in [6.07, 6.45) is 6.75. The summed E-state index contributed by atoms with van der Waals surface area (Å²) in [6.45, 7) is 8.16. The topological polar surface area (TPSA) is 90.6 Å². The van der Waals surface area contributed by atoms with Crippen LogP contribution in [-0.2, 0) is 26.1 Å². The number of aromatic nitrogens is 3. The van der Waals surface area contributed by atoms with Gasteiger partial charge >= 0.3 is 0 Å². The Hall–Kier alpha value is -3.59. The molecule has 1 aromatic carbocycles. The van der Waals surface area contributed by atoms with Crippen molar-refractivity contribution in [1.82, 2.24) is 24.3 Å². The van der Waals surface area contributed by atoms with Crippen LogP contribution in [0.4, 0.5) is 0 Å². The molecule has 0 saturated carbocycles. The van der Waals surface area contributed by atoms with E-state index in [1.165, 1.54) is 24.3 Å². The fraction of sp³-hybridized carbons (Fsp3) is 0.444. The van der Waals surface area contributed by atoms with Gasteiger partial charge in [0.25, 0.3) is 11.5 Å². The molecule has 36 heavy (non-hydrogen) atoms. The number of aryl methyl sites for hydroxylation is 3. The molecule has 0 unspecified atom stereocenters. The van der Waals surface area contributed by atoms with E-state index < -0.39 is 0 Å². The van der Waals surface area contributed by atoms with Gasteiger partial charge in [0.15, 0.2) is 0 Å². The van der Waals surface area contributed by atoms with Crippen molar-refractivity contribution in [2.75, 3.05) is 33.9 Å². The third-order valence-corrected chi connectivity index (χ3v) is 6.82. The lowest BCUT2D eigenvalue weighted by atomic mass is 10.0. The lowest BCUT2D eigenvalue weighted by Crippen LogP contribution is -2.32. The van der Waals surface area contributed by atoms with E-state index in [-0.39, 0.29) is 11.5 Å². The van der Waals surface area contributed by atoms with E-state index in [0.29, 0.717) is 30.8 Å². The molecular weight excluding hydrogens is 458 g/mol. The molecular formula is C27H35N5O4. The third-order valence-electron chi connectivity index (χ3n) is 6.82. The Bertz CT molecular complexity index is 1270. The van der Waals surface area contributed by atoms with E-state index in [9.17, 15) is 9.59 Å². The molecule has 0 aliphatic carbocycles. The highest BCUT2D eigenvalue weighted by molar-refractivity contribution is 5.98. The maximum Gasteiger partial charge on any atom is 0.256 e. The Balaban J connectivity index is 1.50. The first kappa shape index (κ1) is 25.5. The van der Waals surface area contributed by atoms with Crippen molar-refractivity contribution in [2.45, 2.75) is 46.3 Å². The van der Waals surface area contributed by atoms with Gasteiger partial charge in [0, 0.05) is 69.8 Å². The van der Waals surface area contributed by atoms with Crippen molar-refractivity contribution in [3.05, 3.63) is 75.2 Å². The summed E-state index contributed by atoms with van der Waals surface area (Å²) in [4.78, 5) is 32.5. The summed E-state index contributed by atoms with van der Waals surface area (Å²) in [5, 5.41) is 3.01. The Kier molecular flexibility index (Phi) is 8.10. The van der Waals surface area contributed by atoms with Crippen LogP contribution in [0.3, 0.4) is 0 Å². The quantitative estimate of drug-likeness (QED) is 0.461. The minimum absolute atomic E-state index is 0.142. The van der Waals surface area contributed by atoms with E-state index in [0.717, 1.165) is 49.6 Å². The van der Waals surface area contributed by atoms with E-state index >= 15 is 0 Å². The smallest absolute Gasteiger partial charge is 0.256 e. The van der Waals surface area contributed by atoms with Gasteiger partial charge in [-0.15, -0.1) is 0 Å². The van der Waals surface area contributed by atoms with Gasteiger partial charge in [-0.2, -0.15) is 0 Å². The van der Waals surface area contributed by atoms with Gasteiger partial charge in [-0.25, -0.2) is 4.98 Å². The molecule has 9 heteroatoms. The van der Waals surface area contributed by atoms with Crippen LogP contribution in [0.2, 0.25) is 0 Å². The number of fused-ring (bicyclic) bond motifs is 1. The van der Waals surface area contributed by atoms with Gasteiger partial charge in [0.2, 0.25) is 0 Å². The van der Waals surface area contributed by atoms with Crippen LogP contribution in [0.15, 0.2) is 41.7 Å². The zero-order valence-electron chi connectivity index (χ0n) is 21.5. The average molecular weight is 494 g/mol. The number of pyridine rings is 1. The highest BCUT2D eigenvalue weighted by Crippen LogP contribution is 2.26. The minimum atomic E-state index is -0.212. The van der Waals surface area contributed by atoms with Crippen molar-refractivity contribution < 1.29 is 14.3 Å². The number of hydrogen-bond donors (Lipinski definition) is 1. The molecule has 4 rings (SSSR count). The van der Waals surface area contributed by atoms with Crippen molar-refractivity contribution >= 4 is 5.91 Å². The molecule has 0 bridgehead atoms. The molecule has 0 spiro atoms. The number of rotatable bonds is 9. The number of hydrogen-bond acceptors (Lipinski definition) is 6.